The second-order valence-electron chi connectivity index (χ2n) is 5.49. The van der Waals surface area contributed by atoms with Crippen LogP contribution in [0.25, 0.3) is 10.8 Å². The summed E-state index contributed by atoms with van der Waals surface area (Å²) >= 11 is 1.26. The van der Waals surface area contributed by atoms with E-state index >= 15 is 0 Å². The Hall–Kier alpha value is -2.77. The van der Waals surface area contributed by atoms with Crippen LogP contribution in [0.15, 0.2) is 54.0 Å². The molecule has 0 aliphatic carbocycles. The molecule has 25 heavy (non-hydrogen) atoms. The second-order valence-corrected chi connectivity index (χ2v) is 6.38. The maximum absolute atomic E-state index is 12.2. The van der Waals surface area contributed by atoms with Crippen LogP contribution in [-0.2, 0) is 16.0 Å². The van der Waals surface area contributed by atoms with Crippen molar-refractivity contribution < 1.29 is 14.7 Å². The summed E-state index contributed by atoms with van der Waals surface area (Å²) < 4.78 is 0. The van der Waals surface area contributed by atoms with Crippen LogP contribution in [0.5, 0.6) is 0 Å². The molecule has 0 saturated heterocycles. The number of carbonyl (C=O) groups is 2. The molecule has 1 unspecified atom stereocenters. The molecule has 128 valence electrons. The quantitative estimate of drug-likeness (QED) is 0.630. The number of nitrogens with zero attached hydrogens (tertiary/aromatic N) is 1. The topological polar surface area (TPSA) is 91.3 Å². The Morgan fingerprint density at radius 1 is 1.16 bits per heavy atom. The van der Waals surface area contributed by atoms with E-state index in [0.29, 0.717) is 5.13 Å². The zero-order valence-corrected chi connectivity index (χ0v) is 14.1. The number of anilines is 1. The van der Waals surface area contributed by atoms with Gasteiger partial charge in [0, 0.05) is 11.6 Å². The number of fused-ring (bicyclic) bond motifs is 1. The van der Waals surface area contributed by atoms with Crippen molar-refractivity contribution in [3.63, 3.8) is 0 Å². The fraction of sp³-hybridized carbons (Fsp3) is 0.167. The van der Waals surface area contributed by atoms with Crippen molar-refractivity contribution in [3.05, 3.63) is 59.6 Å². The first-order valence-electron chi connectivity index (χ1n) is 7.74. The maximum atomic E-state index is 12.2. The highest BCUT2D eigenvalue weighted by Gasteiger charge is 2.20. The van der Waals surface area contributed by atoms with Crippen LogP contribution in [0.2, 0.25) is 0 Å². The highest BCUT2D eigenvalue weighted by atomic mass is 32.1. The van der Waals surface area contributed by atoms with Gasteiger partial charge in [-0.2, -0.15) is 0 Å². The van der Waals surface area contributed by atoms with E-state index in [-0.39, 0.29) is 12.3 Å². The first-order chi connectivity index (χ1) is 12.2. The van der Waals surface area contributed by atoms with Crippen LogP contribution in [0.1, 0.15) is 5.56 Å². The third-order valence-electron chi connectivity index (χ3n) is 3.68. The number of amides is 2. The van der Waals surface area contributed by atoms with E-state index in [1.165, 1.54) is 11.3 Å². The van der Waals surface area contributed by atoms with Gasteiger partial charge in [0.05, 0.1) is 13.0 Å². The lowest BCUT2D eigenvalue weighted by atomic mass is 10.0. The van der Waals surface area contributed by atoms with Gasteiger partial charge in [-0.15, -0.1) is 11.3 Å². The molecule has 0 aliphatic rings. The van der Waals surface area contributed by atoms with E-state index in [1.54, 1.807) is 11.6 Å². The van der Waals surface area contributed by atoms with E-state index < -0.39 is 18.6 Å². The average Bonchev–Trinajstić information content (AvgIpc) is 3.12. The van der Waals surface area contributed by atoms with Crippen molar-refractivity contribution in [1.82, 2.24) is 10.3 Å². The van der Waals surface area contributed by atoms with E-state index in [2.05, 4.69) is 15.6 Å². The molecule has 0 saturated carbocycles. The van der Waals surface area contributed by atoms with E-state index in [4.69, 9.17) is 0 Å². The standard InChI is InChI=1S/C18H17N3O3S/c22-11-15(17(24)21-18-19-7-8-25-18)20-16(23)10-12-5-6-13-3-1-2-4-14(13)9-12/h1-9,15,22H,10-11H2,(H,20,23)(H,19,21,24). The summed E-state index contributed by atoms with van der Waals surface area (Å²) in [6, 6.07) is 12.6. The molecule has 2 amide bonds. The van der Waals surface area contributed by atoms with Crippen molar-refractivity contribution in [1.29, 1.82) is 0 Å². The van der Waals surface area contributed by atoms with Crippen molar-refractivity contribution in [2.24, 2.45) is 0 Å². The van der Waals surface area contributed by atoms with Crippen LogP contribution in [0, 0.1) is 0 Å². The van der Waals surface area contributed by atoms with Gasteiger partial charge in [0.2, 0.25) is 5.91 Å². The summed E-state index contributed by atoms with van der Waals surface area (Å²) in [5.74, 6) is -0.826. The van der Waals surface area contributed by atoms with Crippen LogP contribution in [0.4, 0.5) is 5.13 Å². The lowest BCUT2D eigenvalue weighted by molar-refractivity contribution is -0.126. The molecule has 0 radical (unpaired) electrons. The molecule has 1 aromatic heterocycles. The summed E-state index contributed by atoms with van der Waals surface area (Å²) in [7, 11) is 0. The lowest BCUT2D eigenvalue weighted by Gasteiger charge is -2.15. The molecule has 0 spiro atoms. The number of rotatable bonds is 6. The van der Waals surface area contributed by atoms with Crippen molar-refractivity contribution >= 4 is 39.1 Å². The normalized spacial score (nSPS) is 11.9. The highest BCUT2D eigenvalue weighted by molar-refractivity contribution is 7.13. The molecule has 2 aromatic carbocycles. The van der Waals surface area contributed by atoms with Crippen LogP contribution in [0.3, 0.4) is 0 Å². The summed E-state index contributed by atoms with van der Waals surface area (Å²) in [6.45, 7) is -0.485. The molecule has 1 heterocycles. The minimum atomic E-state index is -1.02. The molecule has 6 nitrogen and oxygen atoms in total. The molecular formula is C18H17N3O3S. The Labute approximate surface area is 148 Å². The van der Waals surface area contributed by atoms with Crippen molar-refractivity contribution in [2.45, 2.75) is 12.5 Å². The van der Waals surface area contributed by atoms with Crippen LogP contribution >= 0.6 is 11.3 Å². The van der Waals surface area contributed by atoms with E-state index in [0.717, 1.165) is 16.3 Å². The van der Waals surface area contributed by atoms with Gasteiger partial charge in [0.25, 0.3) is 5.91 Å². The molecule has 0 aliphatic heterocycles. The van der Waals surface area contributed by atoms with Gasteiger partial charge in [-0.05, 0) is 16.3 Å². The van der Waals surface area contributed by atoms with Gasteiger partial charge in [-0.3, -0.25) is 9.59 Å². The average molecular weight is 355 g/mol. The molecule has 3 rings (SSSR count). The molecule has 1 atom stereocenters. The minimum absolute atomic E-state index is 0.131. The smallest absolute Gasteiger partial charge is 0.251 e. The second kappa shape index (κ2) is 7.87. The first kappa shape index (κ1) is 17.1. The van der Waals surface area contributed by atoms with E-state index in [9.17, 15) is 14.7 Å². The predicted molar refractivity (Wildman–Crippen MR) is 97.4 cm³/mol. The monoisotopic (exact) mass is 355 g/mol. The fourth-order valence-corrected chi connectivity index (χ4v) is 2.98. The number of thiazole rings is 1. The number of aliphatic hydroxyl groups is 1. The molecule has 3 aromatic rings. The number of aromatic nitrogens is 1. The maximum Gasteiger partial charge on any atom is 0.251 e. The van der Waals surface area contributed by atoms with E-state index in [1.807, 2.05) is 42.5 Å². The summed E-state index contributed by atoms with van der Waals surface area (Å²) in [4.78, 5) is 28.2. The Balaban J connectivity index is 1.62. The zero-order chi connectivity index (χ0) is 17.6. The van der Waals surface area contributed by atoms with Crippen LogP contribution < -0.4 is 10.6 Å². The van der Waals surface area contributed by atoms with Crippen molar-refractivity contribution in [3.8, 4) is 0 Å². The van der Waals surface area contributed by atoms with Gasteiger partial charge < -0.3 is 15.7 Å². The zero-order valence-electron chi connectivity index (χ0n) is 13.3. The summed E-state index contributed by atoms with van der Waals surface area (Å²) in [6.07, 6.45) is 1.69. The van der Waals surface area contributed by atoms with Gasteiger partial charge >= 0.3 is 0 Å². The number of nitrogens with one attached hydrogen (secondary N) is 2. The SMILES string of the molecule is O=C(Cc1ccc2ccccc2c1)NC(CO)C(=O)Nc1nccs1. The van der Waals surface area contributed by atoms with Gasteiger partial charge in [-0.25, -0.2) is 4.98 Å². The van der Waals surface area contributed by atoms with Gasteiger partial charge in [0.15, 0.2) is 5.13 Å². The number of hydrogen-bond donors (Lipinski definition) is 3. The summed E-state index contributed by atoms with van der Waals surface area (Å²) in [5, 5.41) is 18.8. The molecular weight excluding hydrogens is 338 g/mol. The highest BCUT2D eigenvalue weighted by Crippen LogP contribution is 2.16. The largest absolute Gasteiger partial charge is 0.394 e. The number of aliphatic hydroxyl groups excluding tert-OH is 1. The number of benzene rings is 2. The van der Waals surface area contributed by atoms with Crippen molar-refractivity contribution in [2.75, 3.05) is 11.9 Å². The number of hydrogen-bond acceptors (Lipinski definition) is 5. The van der Waals surface area contributed by atoms with Gasteiger partial charge in [0.1, 0.15) is 6.04 Å². The third-order valence-corrected chi connectivity index (χ3v) is 4.36. The Kier molecular flexibility index (Phi) is 5.37. The molecule has 3 N–H and O–H groups in total. The Bertz CT molecular complexity index is 880. The van der Waals surface area contributed by atoms with Crippen LogP contribution in [-0.4, -0.2) is 34.6 Å². The minimum Gasteiger partial charge on any atom is -0.394 e. The third kappa shape index (κ3) is 4.40. The first-order valence-corrected chi connectivity index (χ1v) is 8.62. The lowest BCUT2D eigenvalue weighted by Crippen LogP contribution is -2.46. The molecule has 0 bridgehead atoms. The number of carbonyl (C=O) groups excluding carboxylic acids is 2. The molecule has 0 fully saturated rings. The Morgan fingerprint density at radius 3 is 2.68 bits per heavy atom. The van der Waals surface area contributed by atoms with Gasteiger partial charge in [-0.1, -0.05) is 42.5 Å². The Morgan fingerprint density at radius 2 is 1.96 bits per heavy atom. The molecule has 7 heteroatoms. The summed E-state index contributed by atoms with van der Waals surface area (Å²) in [5.41, 5.74) is 0.841. The fourth-order valence-electron chi connectivity index (χ4n) is 2.45. The predicted octanol–water partition coefficient (Wildman–Crippen LogP) is 1.95.